The lowest BCUT2D eigenvalue weighted by Gasteiger charge is -2.15. The Kier molecular flexibility index (Phi) is 6.05. The smallest absolute Gasteiger partial charge is 0.189 e. The molecule has 0 saturated carbocycles. The Morgan fingerprint density at radius 1 is 1.30 bits per heavy atom. The van der Waals surface area contributed by atoms with Crippen molar-refractivity contribution in [1.29, 1.82) is 0 Å². The third-order valence-corrected chi connectivity index (χ3v) is 3.54. The molecule has 2 aromatic carbocycles. The van der Waals surface area contributed by atoms with Crippen LogP contribution in [0, 0.1) is 5.82 Å². The van der Waals surface area contributed by atoms with Gasteiger partial charge in [-0.1, -0.05) is 30.3 Å². The highest BCUT2D eigenvalue weighted by molar-refractivity contribution is 7.80. The van der Waals surface area contributed by atoms with E-state index in [0.717, 1.165) is 5.56 Å². The second-order valence-corrected chi connectivity index (χ2v) is 5.19. The van der Waals surface area contributed by atoms with Crippen molar-refractivity contribution in [3.05, 3.63) is 65.5 Å². The molecule has 120 valence electrons. The Balaban J connectivity index is 1.91. The minimum Gasteiger partial charge on any atom is -0.494 e. The van der Waals surface area contributed by atoms with Crippen LogP contribution in [0.15, 0.2) is 53.6 Å². The molecule has 1 N–H and O–H groups in total. The number of nitrogens with zero attached hydrogens (tertiary/aromatic N) is 2. The van der Waals surface area contributed by atoms with Crippen molar-refractivity contribution in [1.82, 2.24) is 10.3 Å². The summed E-state index contributed by atoms with van der Waals surface area (Å²) in [4.78, 5) is 0. The van der Waals surface area contributed by atoms with Crippen molar-refractivity contribution in [2.45, 2.75) is 6.54 Å². The van der Waals surface area contributed by atoms with Crippen molar-refractivity contribution in [3.8, 4) is 5.75 Å². The van der Waals surface area contributed by atoms with E-state index < -0.39 is 5.82 Å². The number of benzene rings is 2. The number of hydrazone groups is 1. The van der Waals surface area contributed by atoms with Crippen LogP contribution >= 0.6 is 12.2 Å². The molecule has 0 unspecified atom stereocenters. The van der Waals surface area contributed by atoms with Crippen LogP contribution in [0.3, 0.4) is 0 Å². The zero-order chi connectivity index (χ0) is 16.7. The number of methoxy groups -OCH3 is 1. The Bertz CT molecular complexity index is 691. The normalized spacial score (nSPS) is 10.6. The molecule has 0 aliphatic heterocycles. The maximum atomic E-state index is 13.6. The summed E-state index contributed by atoms with van der Waals surface area (Å²) in [5, 5.41) is 9.33. The molecule has 0 spiro atoms. The van der Waals surface area contributed by atoms with Gasteiger partial charge in [0.1, 0.15) is 0 Å². The maximum absolute atomic E-state index is 13.6. The highest BCUT2D eigenvalue weighted by atomic mass is 32.1. The standard InChI is InChI=1S/C17H18FN3OS/c1-21(17(23)19-11-13-6-4-3-5-7-13)20-12-14-8-9-16(22-2)15(18)10-14/h3-10,12H,11H2,1-2H3,(H,19,23)/b20-12-. The number of hydrogen-bond donors (Lipinski definition) is 1. The molecular weight excluding hydrogens is 313 g/mol. The average Bonchev–Trinajstić information content (AvgIpc) is 2.58. The van der Waals surface area contributed by atoms with Crippen LogP contribution in [0.2, 0.25) is 0 Å². The zero-order valence-corrected chi connectivity index (χ0v) is 13.8. The average molecular weight is 331 g/mol. The number of nitrogens with one attached hydrogen (secondary N) is 1. The van der Waals surface area contributed by atoms with Crippen molar-refractivity contribution < 1.29 is 9.13 Å². The Morgan fingerprint density at radius 3 is 2.70 bits per heavy atom. The Labute approximate surface area is 140 Å². The molecule has 23 heavy (non-hydrogen) atoms. The van der Waals surface area contributed by atoms with Crippen LogP contribution < -0.4 is 10.1 Å². The van der Waals surface area contributed by atoms with Gasteiger partial charge in [0, 0.05) is 13.6 Å². The van der Waals surface area contributed by atoms with E-state index in [2.05, 4.69) is 10.4 Å². The number of thiocarbonyl (C=S) groups is 1. The van der Waals surface area contributed by atoms with E-state index >= 15 is 0 Å². The summed E-state index contributed by atoms with van der Waals surface area (Å²) in [5.74, 6) is -0.223. The van der Waals surface area contributed by atoms with Crippen molar-refractivity contribution in [2.75, 3.05) is 14.2 Å². The minimum atomic E-state index is -0.427. The van der Waals surface area contributed by atoms with Crippen molar-refractivity contribution in [2.24, 2.45) is 5.10 Å². The highest BCUT2D eigenvalue weighted by Gasteiger charge is 2.04. The molecule has 0 aromatic heterocycles. The van der Waals surface area contributed by atoms with Crippen LogP contribution in [0.25, 0.3) is 0 Å². The summed E-state index contributed by atoms with van der Waals surface area (Å²) < 4.78 is 18.5. The third-order valence-electron chi connectivity index (χ3n) is 3.14. The van der Waals surface area contributed by atoms with Gasteiger partial charge in [-0.05, 0) is 41.5 Å². The molecule has 0 atom stereocenters. The number of rotatable bonds is 5. The molecule has 0 radical (unpaired) electrons. The molecule has 0 aliphatic rings. The fraction of sp³-hybridized carbons (Fsp3) is 0.176. The first-order valence-electron chi connectivity index (χ1n) is 7.03. The first-order valence-corrected chi connectivity index (χ1v) is 7.44. The number of ether oxygens (including phenoxy) is 1. The van der Waals surface area contributed by atoms with Crippen LogP contribution in [-0.4, -0.2) is 30.5 Å². The molecular formula is C17H18FN3OS. The molecule has 2 aromatic rings. The zero-order valence-electron chi connectivity index (χ0n) is 13.0. The van der Waals surface area contributed by atoms with E-state index in [1.165, 1.54) is 18.2 Å². The quantitative estimate of drug-likeness (QED) is 0.519. The predicted octanol–water partition coefficient (Wildman–Crippen LogP) is 3.17. The third kappa shape index (κ3) is 5.03. The number of hydrogen-bond acceptors (Lipinski definition) is 3. The number of halogens is 1. The summed E-state index contributed by atoms with van der Waals surface area (Å²) >= 11 is 5.26. The molecule has 6 heteroatoms. The van der Waals surface area contributed by atoms with E-state index in [1.807, 2.05) is 30.3 Å². The maximum Gasteiger partial charge on any atom is 0.189 e. The van der Waals surface area contributed by atoms with E-state index in [0.29, 0.717) is 17.2 Å². The van der Waals surface area contributed by atoms with Gasteiger partial charge in [0.05, 0.1) is 13.3 Å². The largest absolute Gasteiger partial charge is 0.494 e. The lowest BCUT2D eigenvalue weighted by molar-refractivity contribution is 0.386. The monoisotopic (exact) mass is 331 g/mol. The van der Waals surface area contributed by atoms with Crippen LogP contribution in [-0.2, 0) is 6.54 Å². The Morgan fingerprint density at radius 2 is 2.04 bits per heavy atom. The Hall–Kier alpha value is -2.47. The summed E-state index contributed by atoms with van der Waals surface area (Å²) in [5.41, 5.74) is 1.76. The van der Waals surface area contributed by atoms with Crippen molar-refractivity contribution in [3.63, 3.8) is 0 Å². The van der Waals surface area contributed by atoms with Crippen LogP contribution in [0.4, 0.5) is 4.39 Å². The minimum absolute atomic E-state index is 0.204. The van der Waals surface area contributed by atoms with Gasteiger partial charge in [-0.3, -0.25) is 0 Å². The van der Waals surface area contributed by atoms with Gasteiger partial charge in [0.15, 0.2) is 16.7 Å². The summed E-state index contributed by atoms with van der Waals surface area (Å²) in [6, 6.07) is 14.6. The van der Waals surface area contributed by atoms with E-state index in [1.54, 1.807) is 25.4 Å². The van der Waals surface area contributed by atoms with E-state index in [-0.39, 0.29) is 5.75 Å². The van der Waals surface area contributed by atoms with Crippen LogP contribution in [0.5, 0.6) is 5.75 Å². The van der Waals surface area contributed by atoms with Gasteiger partial charge in [0.25, 0.3) is 0 Å². The van der Waals surface area contributed by atoms with Crippen molar-refractivity contribution >= 4 is 23.5 Å². The van der Waals surface area contributed by atoms with Gasteiger partial charge >= 0.3 is 0 Å². The van der Waals surface area contributed by atoms with Gasteiger partial charge in [-0.15, -0.1) is 0 Å². The fourth-order valence-corrected chi connectivity index (χ4v) is 1.98. The SMILES string of the molecule is COc1ccc(/C=N\N(C)C(=S)NCc2ccccc2)cc1F. The van der Waals surface area contributed by atoms with E-state index in [9.17, 15) is 4.39 Å². The van der Waals surface area contributed by atoms with Gasteiger partial charge in [-0.25, -0.2) is 9.40 Å². The lowest BCUT2D eigenvalue weighted by atomic mass is 10.2. The predicted molar refractivity (Wildman–Crippen MR) is 94.2 cm³/mol. The molecule has 4 nitrogen and oxygen atoms in total. The molecule has 0 aliphatic carbocycles. The first kappa shape index (κ1) is 16.9. The van der Waals surface area contributed by atoms with Gasteiger partial charge in [-0.2, -0.15) is 5.10 Å². The second-order valence-electron chi connectivity index (χ2n) is 4.81. The summed E-state index contributed by atoms with van der Waals surface area (Å²) in [7, 11) is 3.16. The molecule has 0 amide bonds. The fourth-order valence-electron chi connectivity index (χ4n) is 1.86. The molecule has 2 rings (SSSR count). The molecule has 0 fully saturated rings. The van der Waals surface area contributed by atoms with Gasteiger partial charge < -0.3 is 10.1 Å². The summed E-state index contributed by atoms with van der Waals surface area (Å²) in [6.07, 6.45) is 1.54. The second kappa shape index (κ2) is 8.24. The topological polar surface area (TPSA) is 36.9 Å². The molecule has 0 saturated heterocycles. The lowest BCUT2D eigenvalue weighted by Crippen LogP contribution is -2.33. The first-order chi connectivity index (χ1) is 11.1. The van der Waals surface area contributed by atoms with Crippen LogP contribution in [0.1, 0.15) is 11.1 Å². The molecule has 0 heterocycles. The van der Waals surface area contributed by atoms with E-state index in [4.69, 9.17) is 17.0 Å². The summed E-state index contributed by atoms with van der Waals surface area (Å²) in [6.45, 7) is 0.622. The highest BCUT2D eigenvalue weighted by Crippen LogP contribution is 2.16. The van der Waals surface area contributed by atoms with Gasteiger partial charge in [0.2, 0.25) is 0 Å². The molecule has 0 bridgehead atoms.